The SMILES string of the molecule is Nc1nc2cc(-c3ccn[nH]3)ccc2n2cc(C(=O)N3CCOCC3)cc12. The van der Waals surface area contributed by atoms with Crippen molar-refractivity contribution >= 4 is 28.3 Å². The Morgan fingerprint density at radius 3 is 2.78 bits per heavy atom. The van der Waals surface area contributed by atoms with Crippen molar-refractivity contribution in [3.05, 3.63) is 48.3 Å². The smallest absolute Gasteiger partial charge is 0.255 e. The lowest BCUT2D eigenvalue weighted by molar-refractivity contribution is 0.0303. The number of nitrogens with one attached hydrogen (secondary N) is 1. The van der Waals surface area contributed by atoms with Gasteiger partial charge in [-0.05, 0) is 24.3 Å². The number of aromatic nitrogens is 4. The monoisotopic (exact) mass is 362 g/mol. The topological polar surface area (TPSA) is 102 Å². The van der Waals surface area contributed by atoms with Gasteiger partial charge in [-0.2, -0.15) is 5.10 Å². The summed E-state index contributed by atoms with van der Waals surface area (Å²) < 4.78 is 7.26. The summed E-state index contributed by atoms with van der Waals surface area (Å²) in [5, 5.41) is 6.94. The largest absolute Gasteiger partial charge is 0.382 e. The number of morpholine rings is 1. The van der Waals surface area contributed by atoms with E-state index in [4.69, 9.17) is 10.5 Å². The van der Waals surface area contributed by atoms with Gasteiger partial charge in [-0.15, -0.1) is 0 Å². The van der Waals surface area contributed by atoms with Crippen molar-refractivity contribution in [1.82, 2.24) is 24.5 Å². The van der Waals surface area contributed by atoms with Crippen molar-refractivity contribution in [2.24, 2.45) is 0 Å². The van der Waals surface area contributed by atoms with Gasteiger partial charge in [0, 0.05) is 31.0 Å². The number of aromatic amines is 1. The molecule has 27 heavy (non-hydrogen) atoms. The number of amides is 1. The van der Waals surface area contributed by atoms with Crippen LogP contribution in [0.3, 0.4) is 0 Å². The quantitative estimate of drug-likeness (QED) is 0.567. The average molecular weight is 362 g/mol. The van der Waals surface area contributed by atoms with Crippen LogP contribution in [0.2, 0.25) is 0 Å². The first kappa shape index (κ1) is 15.8. The van der Waals surface area contributed by atoms with Crippen molar-refractivity contribution in [2.45, 2.75) is 0 Å². The van der Waals surface area contributed by atoms with Gasteiger partial charge in [0.15, 0.2) is 0 Å². The van der Waals surface area contributed by atoms with Crippen molar-refractivity contribution < 1.29 is 9.53 Å². The maximum absolute atomic E-state index is 12.8. The van der Waals surface area contributed by atoms with Crippen molar-refractivity contribution in [2.75, 3.05) is 32.0 Å². The van der Waals surface area contributed by atoms with E-state index < -0.39 is 0 Å². The molecule has 0 radical (unpaired) electrons. The van der Waals surface area contributed by atoms with Crippen LogP contribution in [-0.2, 0) is 4.74 Å². The number of anilines is 1. The molecule has 1 saturated heterocycles. The molecule has 0 spiro atoms. The summed E-state index contributed by atoms with van der Waals surface area (Å²) in [7, 11) is 0. The van der Waals surface area contributed by atoms with Crippen LogP contribution in [-0.4, -0.2) is 56.7 Å². The van der Waals surface area contributed by atoms with E-state index in [9.17, 15) is 4.79 Å². The van der Waals surface area contributed by atoms with Crippen LogP contribution in [0.15, 0.2) is 42.7 Å². The molecule has 0 saturated carbocycles. The summed E-state index contributed by atoms with van der Waals surface area (Å²) in [6, 6.07) is 9.65. The third-order valence-corrected chi connectivity index (χ3v) is 4.92. The van der Waals surface area contributed by atoms with Gasteiger partial charge in [0.25, 0.3) is 5.91 Å². The van der Waals surface area contributed by atoms with Gasteiger partial charge in [0.05, 0.1) is 41.0 Å². The van der Waals surface area contributed by atoms with Crippen molar-refractivity contribution in [3.63, 3.8) is 0 Å². The van der Waals surface area contributed by atoms with Gasteiger partial charge >= 0.3 is 0 Å². The number of hydrogen-bond acceptors (Lipinski definition) is 5. The Kier molecular flexibility index (Phi) is 3.58. The fraction of sp³-hybridized carbons (Fsp3) is 0.211. The van der Waals surface area contributed by atoms with Crippen LogP contribution in [0.4, 0.5) is 5.82 Å². The van der Waals surface area contributed by atoms with Gasteiger partial charge in [0.2, 0.25) is 0 Å². The first-order valence-electron chi connectivity index (χ1n) is 8.79. The minimum Gasteiger partial charge on any atom is -0.382 e. The zero-order chi connectivity index (χ0) is 18.4. The first-order valence-corrected chi connectivity index (χ1v) is 8.79. The molecule has 3 N–H and O–H groups in total. The van der Waals surface area contributed by atoms with Gasteiger partial charge in [-0.3, -0.25) is 9.89 Å². The van der Waals surface area contributed by atoms with E-state index >= 15 is 0 Å². The molecule has 1 aliphatic rings. The molecule has 4 heterocycles. The van der Waals surface area contributed by atoms with Gasteiger partial charge in [0.1, 0.15) is 5.82 Å². The second-order valence-corrected chi connectivity index (χ2v) is 6.56. The number of hydrogen-bond donors (Lipinski definition) is 2. The number of nitrogens with two attached hydrogens (primary N) is 1. The number of nitrogens with zero attached hydrogens (tertiary/aromatic N) is 4. The lowest BCUT2D eigenvalue weighted by Crippen LogP contribution is -2.40. The third kappa shape index (κ3) is 2.61. The Morgan fingerprint density at radius 2 is 2.00 bits per heavy atom. The molecule has 1 aromatic carbocycles. The molecule has 1 aliphatic heterocycles. The summed E-state index contributed by atoms with van der Waals surface area (Å²) in [5.74, 6) is 0.383. The highest BCUT2D eigenvalue weighted by atomic mass is 16.5. The molecule has 0 unspecified atom stereocenters. The first-order chi connectivity index (χ1) is 13.2. The fourth-order valence-electron chi connectivity index (χ4n) is 3.51. The molecule has 4 aromatic rings. The summed E-state index contributed by atoms with van der Waals surface area (Å²) >= 11 is 0. The van der Waals surface area contributed by atoms with E-state index in [-0.39, 0.29) is 5.91 Å². The number of carbonyl (C=O) groups is 1. The molecule has 136 valence electrons. The average Bonchev–Trinajstić information content (AvgIpc) is 3.38. The van der Waals surface area contributed by atoms with Crippen LogP contribution in [0.1, 0.15) is 10.4 Å². The Morgan fingerprint density at radius 1 is 1.15 bits per heavy atom. The summed E-state index contributed by atoms with van der Waals surface area (Å²) in [5.41, 5.74) is 11.1. The zero-order valence-corrected chi connectivity index (χ0v) is 14.6. The van der Waals surface area contributed by atoms with E-state index in [0.29, 0.717) is 37.7 Å². The minimum atomic E-state index is -0.0105. The lowest BCUT2D eigenvalue weighted by Gasteiger charge is -2.26. The van der Waals surface area contributed by atoms with Gasteiger partial charge in [-0.25, -0.2) is 4.98 Å². The summed E-state index contributed by atoms with van der Waals surface area (Å²) in [4.78, 5) is 19.2. The maximum Gasteiger partial charge on any atom is 0.255 e. The van der Waals surface area contributed by atoms with Crippen molar-refractivity contribution in [3.8, 4) is 11.3 Å². The maximum atomic E-state index is 12.8. The lowest BCUT2D eigenvalue weighted by atomic mass is 10.1. The van der Waals surface area contributed by atoms with Crippen LogP contribution in [0, 0.1) is 0 Å². The number of fused-ring (bicyclic) bond motifs is 3. The predicted molar refractivity (Wildman–Crippen MR) is 101 cm³/mol. The molecular weight excluding hydrogens is 344 g/mol. The fourth-order valence-corrected chi connectivity index (χ4v) is 3.51. The molecule has 3 aromatic heterocycles. The van der Waals surface area contributed by atoms with Gasteiger partial charge in [-0.1, -0.05) is 6.07 Å². The number of H-pyrrole nitrogens is 1. The second-order valence-electron chi connectivity index (χ2n) is 6.56. The minimum absolute atomic E-state index is 0.0105. The molecule has 0 atom stereocenters. The highest BCUT2D eigenvalue weighted by Gasteiger charge is 2.21. The zero-order valence-electron chi connectivity index (χ0n) is 14.6. The highest BCUT2D eigenvalue weighted by molar-refractivity contribution is 5.98. The van der Waals surface area contributed by atoms with E-state index in [1.54, 1.807) is 11.1 Å². The second kappa shape index (κ2) is 6.10. The Bertz CT molecular complexity index is 1140. The molecule has 0 aliphatic carbocycles. The van der Waals surface area contributed by atoms with E-state index in [2.05, 4.69) is 15.2 Å². The predicted octanol–water partition coefficient (Wildman–Crippen LogP) is 1.93. The molecule has 1 amide bonds. The molecule has 1 fully saturated rings. The van der Waals surface area contributed by atoms with Crippen molar-refractivity contribution in [1.29, 1.82) is 0 Å². The Hall–Kier alpha value is -3.39. The third-order valence-electron chi connectivity index (χ3n) is 4.92. The number of benzene rings is 1. The molecule has 5 rings (SSSR count). The van der Waals surface area contributed by atoms with Crippen LogP contribution in [0.25, 0.3) is 27.8 Å². The molecule has 8 heteroatoms. The summed E-state index contributed by atoms with van der Waals surface area (Å²) in [6.45, 7) is 2.35. The van der Waals surface area contributed by atoms with E-state index in [1.165, 1.54) is 0 Å². The normalized spacial score (nSPS) is 14.9. The number of nitrogen functional groups attached to an aromatic ring is 1. The molecule has 8 nitrogen and oxygen atoms in total. The highest BCUT2D eigenvalue weighted by Crippen LogP contribution is 2.26. The van der Waals surface area contributed by atoms with E-state index in [0.717, 1.165) is 27.8 Å². The molecule has 0 bridgehead atoms. The summed E-state index contributed by atoms with van der Waals surface area (Å²) in [6.07, 6.45) is 3.54. The van der Waals surface area contributed by atoms with Crippen LogP contribution >= 0.6 is 0 Å². The van der Waals surface area contributed by atoms with E-state index in [1.807, 2.05) is 40.9 Å². The Labute approximate surface area is 154 Å². The molecular formula is C19H18N6O2. The Balaban J connectivity index is 1.62. The number of carbonyl (C=O) groups excluding carboxylic acids is 1. The number of rotatable bonds is 2. The van der Waals surface area contributed by atoms with Crippen LogP contribution in [0.5, 0.6) is 0 Å². The van der Waals surface area contributed by atoms with Gasteiger partial charge < -0.3 is 19.8 Å². The standard InChI is InChI=1S/C19H18N6O2/c20-18-17-10-13(19(26)24-5-7-27-8-6-24)11-25(17)16-2-1-12(9-15(16)22-18)14-3-4-21-23-14/h1-4,9-11H,5-8H2,(H2,20,22)(H,21,23). The van der Waals surface area contributed by atoms with Crippen LogP contribution < -0.4 is 5.73 Å². The number of ether oxygens (including phenoxy) is 1.